The van der Waals surface area contributed by atoms with Crippen molar-refractivity contribution in [1.82, 2.24) is 4.90 Å². The van der Waals surface area contributed by atoms with E-state index in [1.54, 1.807) is 42.1 Å². The Morgan fingerprint density at radius 2 is 1.58 bits per heavy atom. The molecule has 2 amide bonds. The van der Waals surface area contributed by atoms with Gasteiger partial charge in [0.1, 0.15) is 5.37 Å². The Hall–Kier alpha value is -2.18. The highest BCUT2D eigenvalue weighted by Gasteiger charge is 2.32. The molecular weight excluding hydrogens is 475 g/mol. The number of amides is 2. The molecule has 0 saturated carbocycles. The van der Waals surface area contributed by atoms with E-state index in [2.05, 4.69) is 5.32 Å². The first-order valence-electron chi connectivity index (χ1n) is 9.42. The number of nitrogens with zero attached hydrogens (tertiary/aromatic N) is 1. The SMILES string of the molecule is O=C(Nc1cc(Cl)cc(Cl)c1)c1ccc([C@@H]2SCC(=O)N2Cc2ccc(Cl)cc2)cc1. The van der Waals surface area contributed by atoms with Crippen LogP contribution in [0.2, 0.25) is 15.1 Å². The largest absolute Gasteiger partial charge is 0.322 e. The van der Waals surface area contributed by atoms with Crippen molar-refractivity contribution in [3.8, 4) is 0 Å². The van der Waals surface area contributed by atoms with Crippen LogP contribution in [0.3, 0.4) is 0 Å². The molecule has 8 heteroatoms. The third-order valence-electron chi connectivity index (χ3n) is 4.81. The molecule has 3 aromatic carbocycles. The van der Waals surface area contributed by atoms with Gasteiger partial charge in [0.15, 0.2) is 0 Å². The highest BCUT2D eigenvalue weighted by molar-refractivity contribution is 8.00. The van der Waals surface area contributed by atoms with Gasteiger partial charge in [-0.3, -0.25) is 9.59 Å². The van der Waals surface area contributed by atoms with Gasteiger partial charge in [0.25, 0.3) is 5.91 Å². The van der Waals surface area contributed by atoms with Crippen molar-refractivity contribution in [2.75, 3.05) is 11.1 Å². The van der Waals surface area contributed by atoms with Gasteiger partial charge in [-0.1, -0.05) is 59.1 Å². The van der Waals surface area contributed by atoms with Gasteiger partial charge in [-0.05, 0) is 53.6 Å². The van der Waals surface area contributed by atoms with Crippen molar-refractivity contribution in [3.63, 3.8) is 0 Å². The lowest BCUT2D eigenvalue weighted by molar-refractivity contribution is -0.128. The van der Waals surface area contributed by atoms with Crippen molar-refractivity contribution >= 4 is 64.1 Å². The molecule has 1 fully saturated rings. The lowest BCUT2D eigenvalue weighted by Crippen LogP contribution is -2.27. The van der Waals surface area contributed by atoms with Crippen LogP contribution in [0.25, 0.3) is 0 Å². The summed E-state index contributed by atoms with van der Waals surface area (Å²) in [7, 11) is 0. The highest BCUT2D eigenvalue weighted by Crippen LogP contribution is 2.39. The Labute approximate surface area is 199 Å². The standard InChI is InChI=1S/C23H17Cl3N2O2S/c24-17-7-1-14(2-8-17)12-28-21(29)13-31-23(28)16-5-3-15(4-6-16)22(30)27-20-10-18(25)9-19(26)11-20/h1-11,23H,12-13H2,(H,27,30)/t23-/m0/s1. The first kappa shape index (κ1) is 22.0. The lowest BCUT2D eigenvalue weighted by atomic mass is 10.1. The van der Waals surface area contributed by atoms with Crippen LogP contribution in [0.1, 0.15) is 26.9 Å². The fourth-order valence-corrected chi connectivity index (χ4v) is 5.16. The van der Waals surface area contributed by atoms with E-state index in [-0.39, 0.29) is 17.2 Å². The van der Waals surface area contributed by atoms with Crippen molar-refractivity contribution in [1.29, 1.82) is 0 Å². The molecule has 0 aliphatic carbocycles. The van der Waals surface area contributed by atoms with E-state index in [1.165, 1.54) is 0 Å². The van der Waals surface area contributed by atoms with Gasteiger partial charge in [-0.25, -0.2) is 0 Å². The number of rotatable bonds is 5. The van der Waals surface area contributed by atoms with Crippen LogP contribution in [0.4, 0.5) is 5.69 Å². The molecule has 1 aliphatic rings. The summed E-state index contributed by atoms with van der Waals surface area (Å²) in [5, 5.41) is 4.24. The molecule has 158 valence electrons. The Morgan fingerprint density at radius 3 is 2.23 bits per heavy atom. The molecule has 1 aliphatic heterocycles. The van der Waals surface area contributed by atoms with Crippen LogP contribution in [0.15, 0.2) is 66.7 Å². The van der Waals surface area contributed by atoms with Crippen molar-refractivity contribution in [3.05, 3.63) is 98.5 Å². The second kappa shape index (κ2) is 9.53. The number of thioether (sulfide) groups is 1. The minimum atomic E-state index is -0.266. The minimum absolute atomic E-state index is 0.0876. The van der Waals surface area contributed by atoms with Crippen LogP contribution in [-0.2, 0) is 11.3 Å². The Bertz CT molecular complexity index is 1100. The fourth-order valence-electron chi connectivity index (χ4n) is 3.32. The van der Waals surface area contributed by atoms with Crippen LogP contribution in [-0.4, -0.2) is 22.5 Å². The number of halogens is 3. The predicted octanol–water partition coefficient (Wildman–Crippen LogP) is 6.67. The maximum Gasteiger partial charge on any atom is 0.255 e. The number of hydrogen-bond acceptors (Lipinski definition) is 3. The molecule has 4 nitrogen and oxygen atoms in total. The molecule has 1 heterocycles. The molecule has 1 N–H and O–H groups in total. The van der Waals surface area contributed by atoms with Gasteiger partial charge in [-0.2, -0.15) is 0 Å². The molecule has 0 radical (unpaired) electrons. The summed E-state index contributed by atoms with van der Waals surface area (Å²) in [6, 6.07) is 19.6. The van der Waals surface area contributed by atoms with E-state index in [9.17, 15) is 9.59 Å². The van der Waals surface area contributed by atoms with Crippen molar-refractivity contribution in [2.45, 2.75) is 11.9 Å². The van der Waals surface area contributed by atoms with E-state index in [0.717, 1.165) is 11.1 Å². The molecule has 1 atom stereocenters. The zero-order chi connectivity index (χ0) is 22.0. The molecule has 0 spiro atoms. The number of hydrogen-bond donors (Lipinski definition) is 1. The second-order valence-electron chi connectivity index (χ2n) is 7.05. The third-order valence-corrected chi connectivity index (χ3v) is 6.76. The molecule has 4 rings (SSSR count). The summed E-state index contributed by atoms with van der Waals surface area (Å²) in [5.41, 5.74) is 3.00. The molecular formula is C23H17Cl3N2O2S. The zero-order valence-electron chi connectivity index (χ0n) is 16.1. The number of carbonyl (C=O) groups excluding carboxylic acids is 2. The fraction of sp³-hybridized carbons (Fsp3) is 0.130. The average Bonchev–Trinajstić information content (AvgIpc) is 3.09. The van der Waals surface area contributed by atoms with Crippen LogP contribution < -0.4 is 5.32 Å². The zero-order valence-corrected chi connectivity index (χ0v) is 19.2. The quantitative estimate of drug-likeness (QED) is 0.433. The second-order valence-corrected chi connectivity index (χ2v) is 9.42. The summed E-state index contributed by atoms with van der Waals surface area (Å²) in [5.74, 6) is 0.249. The van der Waals surface area contributed by atoms with E-state index in [4.69, 9.17) is 34.8 Å². The average molecular weight is 492 g/mol. The summed E-state index contributed by atoms with van der Waals surface area (Å²) < 4.78 is 0. The Kier molecular flexibility index (Phi) is 6.77. The van der Waals surface area contributed by atoms with Crippen molar-refractivity contribution in [2.24, 2.45) is 0 Å². The first-order chi connectivity index (χ1) is 14.9. The highest BCUT2D eigenvalue weighted by atomic mass is 35.5. The maximum atomic E-state index is 12.6. The Morgan fingerprint density at radius 1 is 0.935 bits per heavy atom. The normalized spacial score (nSPS) is 15.9. The number of benzene rings is 3. The van der Waals surface area contributed by atoms with E-state index < -0.39 is 0 Å². The summed E-state index contributed by atoms with van der Waals surface area (Å²) in [4.78, 5) is 26.9. The summed E-state index contributed by atoms with van der Waals surface area (Å²) in [6.07, 6.45) is 0. The number of nitrogens with one attached hydrogen (secondary N) is 1. The smallest absolute Gasteiger partial charge is 0.255 e. The van der Waals surface area contributed by atoms with Crippen LogP contribution in [0, 0.1) is 0 Å². The van der Waals surface area contributed by atoms with Crippen molar-refractivity contribution < 1.29 is 9.59 Å². The van der Waals surface area contributed by atoms with Gasteiger partial charge >= 0.3 is 0 Å². The molecule has 1 saturated heterocycles. The van der Waals surface area contributed by atoms with E-state index in [1.807, 2.05) is 41.3 Å². The molecule has 0 aromatic heterocycles. The van der Waals surface area contributed by atoms with Gasteiger partial charge in [0, 0.05) is 32.9 Å². The van der Waals surface area contributed by atoms with Gasteiger partial charge in [-0.15, -0.1) is 11.8 Å². The van der Waals surface area contributed by atoms with Crippen LogP contribution >= 0.6 is 46.6 Å². The minimum Gasteiger partial charge on any atom is -0.322 e. The van der Waals surface area contributed by atoms with E-state index >= 15 is 0 Å². The summed E-state index contributed by atoms with van der Waals surface area (Å²) in [6.45, 7) is 0.505. The lowest BCUT2D eigenvalue weighted by Gasteiger charge is -2.24. The predicted molar refractivity (Wildman–Crippen MR) is 128 cm³/mol. The van der Waals surface area contributed by atoms with E-state index in [0.29, 0.717) is 38.6 Å². The van der Waals surface area contributed by atoms with Gasteiger partial charge in [0.2, 0.25) is 5.91 Å². The Balaban J connectivity index is 1.47. The molecule has 31 heavy (non-hydrogen) atoms. The molecule has 0 unspecified atom stereocenters. The number of anilines is 1. The molecule has 3 aromatic rings. The van der Waals surface area contributed by atoms with Gasteiger partial charge in [0.05, 0.1) is 5.75 Å². The number of carbonyl (C=O) groups is 2. The topological polar surface area (TPSA) is 49.4 Å². The summed E-state index contributed by atoms with van der Waals surface area (Å²) >= 11 is 19.5. The maximum absolute atomic E-state index is 12.6. The monoisotopic (exact) mass is 490 g/mol. The third kappa shape index (κ3) is 5.36. The first-order valence-corrected chi connectivity index (χ1v) is 11.6. The van der Waals surface area contributed by atoms with Gasteiger partial charge < -0.3 is 10.2 Å². The van der Waals surface area contributed by atoms with Crippen LogP contribution in [0.5, 0.6) is 0 Å². The molecule has 0 bridgehead atoms.